The summed E-state index contributed by atoms with van der Waals surface area (Å²) < 4.78 is 5.30. The SMILES string of the molecule is CC1CC(=O)N(CC2CCC(C(=O)O)O2)C(=O)C1. The van der Waals surface area contributed by atoms with Crippen LogP contribution in [0.3, 0.4) is 0 Å². The van der Waals surface area contributed by atoms with E-state index in [1.807, 2.05) is 6.92 Å². The third-order valence-electron chi connectivity index (χ3n) is 3.42. The number of carbonyl (C=O) groups excluding carboxylic acids is 2. The number of amides is 2. The second kappa shape index (κ2) is 5.06. The van der Waals surface area contributed by atoms with E-state index in [4.69, 9.17) is 9.84 Å². The van der Waals surface area contributed by atoms with Gasteiger partial charge in [0.1, 0.15) is 0 Å². The third kappa shape index (κ3) is 2.69. The second-order valence-electron chi connectivity index (χ2n) is 5.07. The van der Waals surface area contributed by atoms with Gasteiger partial charge in [-0.05, 0) is 18.8 Å². The smallest absolute Gasteiger partial charge is 0.332 e. The molecule has 2 fully saturated rings. The molecule has 6 heteroatoms. The summed E-state index contributed by atoms with van der Waals surface area (Å²) in [6, 6.07) is 0. The first-order valence-electron chi connectivity index (χ1n) is 6.19. The fourth-order valence-electron chi connectivity index (χ4n) is 2.46. The number of likely N-dealkylation sites (tertiary alicyclic amines) is 1. The number of carbonyl (C=O) groups is 3. The molecule has 0 aromatic heterocycles. The standard InChI is InChI=1S/C12H17NO5/c1-7-4-10(14)13(11(15)5-7)6-8-2-3-9(18-8)12(16)17/h7-9H,2-6H2,1H3,(H,16,17). The van der Waals surface area contributed by atoms with Crippen molar-refractivity contribution in [2.24, 2.45) is 5.92 Å². The van der Waals surface area contributed by atoms with Crippen molar-refractivity contribution in [1.82, 2.24) is 4.90 Å². The molecule has 0 bridgehead atoms. The highest BCUT2D eigenvalue weighted by Gasteiger charge is 2.36. The van der Waals surface area contributed by atoms with Crippen LogP contribution in [0.5, 0.6) is 0 Å². The molecule has 0 aromatic carbocycles. The van der Waals surface area contributed by atoms with Crippen molar-refractivity contribution < 1.29 is 24.2 Å². The number of imide groups is 1. The zero-order chi connectivity index (χ0) is 13.3. The average molecular weight is 255 g/mol. The topological polar surface area (TPSA) is 83.9 Å². The number of hydrogen-bond acceptors (Lipinski definition) is 4. The Balaban J connectivity index is 1.92. The minimum absolute atomic E-state index is 0.0949. The molecule has 0 radical (unpaired) electrons. The molecule has 0 saturated carbocycles. The normalized spacial score (nSPS) is 29.9. The van der Waals surface area contributed by atoms with Gasteiger partial charge in [-0.15, -0.1) is 0 Å². The number of rotatable bonds is 3. The average Bonchev–Trinajstić information content (AvgIpc) is 2.71. The summed E-state index contributed by atoms with van der Waals surface area (Å²) in [6.07, 6.45) is 0.619. The van der Waals surface area contributed by atoms with Gasteiger partial charge in [-0.2, -0.15) is 0 Å². The number of nitrogens with zero attached hydrogens (tertiary/aromatic N) is 1. The minimum Gasteiger partial charge on any atom is -0.479 e. The van der Waals surface area contributed by atoms with Crippen LogP contribution >= 0.6 is 0 Å². The molecule has 0 aromatic rings. The maximum Gasteiger partial charge on any atom is 0.332 e. The minimum atomic E-state index is -0.984. The monoisotopic (exact) mass is 255 g/mol. The number of carboxylic acid groups (broad SMARTS) is 1. The molecule has 0 spiro atoms. The van der Waals surface area contributed by atoms with Gasteiger partial charge in [-0.3, -0.25) is 14.5 Å². The van der Waals surface area contributed by atoms with Crippen molar-refractivity contribution in [2.75, 3.05) is 6.54 Å². The van der Waals surface area contributed by atoms with Crippen molar-refractivity contribution in [2.45, 2.75) is 44.8 Å². The summed E-state index contributed by atoms with van der Waals surface area (Å²) in [7, 11) is 0. The Morgan fingerprint density at radius 2 is 1.94 bits per heavy atom. The Labute approximate surface area is 105 Å². The van der Waals surface area contributed by atoms with E-state index < -0.39 is 12.1 Å². The van der Waals surface area contributed by atoms with Crippen LogP contribution < -0.4 is 0 Å². The first kappa shape index (κ1) is 13.0. The van der Waals surface area contributed by atoms with E-state index in [1.165, 1.54) is 4.90 Å². The van der Waals surface area contributed by atoms with Crippen molar-refractivity contribution in [3.63, 3.8) is 0 Å². The van der Waals surface area contributed by atoms with Crippen LogP contribution in [0.2, 0.25) is 0 Å². The number of ether oxygens (including phenoxy) is 1. The van der Waals surface area contributed by atoms with Crippen molar-refractivity contribution >= 4 is 17.8 Å². The van der Waals surface area contributed by atoms with Gasteiger partial charge in [0, 0.05) is 12.8 Å². The number of piperidine rings is 1. The van der Waals surface area contributed by atoms with Crippen LogP contribution in [0.15, 0.2) is 0 Å². The molecular weight excluding hydrogens is 238 g/mol. The predicted molar refractivity (Wildman–Crippen MR) is 60.6 cm³/mol. The van der Waals surface area contributed by atoms with Gasteiger partial charge in [0.2, 0.25) is 11.8 Å². The molecule has 100 valence electrons. The Hall–Kier alpha value is -1.43. The van der Waals surface area contributed by atoms with E-state index >= 15 is 0 Å². The molecule has 2 saturated heterocycles. The van der Waals surface area contributed by atoms with E-state index in [-0.39, 0.29) is 30.4 Å². The predicted octanol–water partition coefficient (Wildman–Crippen LogP) is 0.404. The lowest BCUT2D eigenvalue weighted by Crippen LogP contribution is -2.46. The number of aliphatic carboxylic acids is 1. The quantitative estimate of drug-likeness (QED) is 0.738. The maximum absolute atomic E-state index is 11.8. The Bertz CT molecular complexity index is 363. The van der Waals surface area contributed by atoms with Crippen LogP contribution in [-0.4, -0.2) is 46.5 Å². The Morgan fingerprint density at radius 1 is 1.33 bits per heavy atom. The van der Waals surface area contributed by atoms with Gasteiger partial charge in [0.25, 0.3) is 0 Å². The van der Waals surface area contributed by atoms with Gasteiger partial charge in [-0.25, -0.2) is 4.79 Å². The summed E-state index contributed by atoms with van der Waals surface area (Å²) >= 11 is 0. The summed E-state index contributed by atoms with van der Waals surface area (Å²) in [6.45, 7) is 2.06. The molecule has 6 nitrogen and oxygen atoms in total. The molecule has 2 unspecified atom stereocenters. The van der Waals surface area contributed by atoms with Gasteiger partial charge in [-0.1, -0.05) is 6.92 Å². The van der Waals surface area contributed by atoms with Gasteiger partial charge in [0.15, 0.2) is 6.10 Å². The van der Waals surface area contributed by atoms with Crippen molar-refractivity contribution in [1.29, 1.82) is 0 Å². The highest BCUT2D eigenvalue weighted by Crippen LogP contribution is 2.24. The summed E-state index contributed by atoms with van der Waals surface area (Å²) in [5.74, 6) is -1.25. The van der Waals surface area contributed by atoms with Crippen molar-refractivity contribution in [3.05, 3.63) is 0 Å². The van der Waals surface area contributed by atoms with E-state index in [0.717, 1.165) is 0 Å². The first-order valence-corrected chi connectivity index (χ1v) is 6.19. The van der Waals surface area contributed by atoms with E-state index in [0.29, 0.717) is 25.7 Å². The molecule has 2 heterocycles. The number of carboxylic acids is 1. The summed E-state index contributed by atoms with van der Waals surface area (Å²) in [4.78, 5) is 35.5. The fraction of sp³-hybridized carbons (Fsp3) is 0.750. The van der Waals surface area contributed by atoms with E-state index in [2.05, 4.69) is 0 Å². The third-order valence-corrected chi connectivity index (χ3v) is 3.42. The van der Waals surface area contributed by atoms with E-state index in [1.54, 1.807) is 0 Å². The molecular formula is C12H17NO5. The van der Waals surface area contributed by atoms with Gasteiger partial charge in [0.05, 0.1) is 12.6 Å². The van der Waals surface area contributed by atoms with Crippen LogP contribution in [0.4, 0.5) is 0 Å². The lowest BCUT2D eigenvalue weighted by atomic mass is 9.97. The van der Waals surface area contributed by atoms with Crippen LogP contribution in [0.1, 0.15) is 32.6 Å². The molecule has 18 heavy (non-hydrogen) atoms. The molecule has 2 atom stereocenters. The zero-order valence-electron chi connectivity index (χ0n) is 10.3. The molecule has 1 N–H and O–H groups in total. The van der Waals surface area contributed by atoms with Gasteiger partial charge < -0.3 is 9.84 Å². The highest BCUT2D eigenvalue weighted by atomic mass is 16.5. The first-order chi connectivity index (χ1) is 8.47. The van der Waals surface area contributed by atoms with E-state index in [9.17, 15) is 14.4 Å². The molecule has 2 aliphatic heterocycles. The Kier molecular flexibility index (Phi) is 3.65. The molecule has 0 aliphatic carbocycles. The van der Waals surface area contributed by atoms with Crippen LogP contribution in [0.25, 0.3) is 0 Å². The zero-order valence-corrected chi connectivity index (χ0v) is 10.3. The largest absolute Gasteiger partial charge is 0.479 e. The highest BCUT2D eigenvalue weighted by molar-refractivity contribution is 5.97. The lowest BCUT2D eigenvalue weighted by Gasteiger charge is -2.30. The number of hydrogen-bond donors (Lipinski definition) is 1. The maximum atomic E-state index is 11.8. The molecule has 2 amide bonds. The van der Waals surface area contributed by atoms with Crippen LogP contribution in [0, 0.1) is 5.92 Å². The van der Waals surface area contributed by atoms with Crippen molar-refractivity contribution in [3.8, 4) is 0 Å². The van der Waals surface area contributed by atoms with Gasteiger partial charge >= 0.3 is 5.97 Å². The molecule has 2 rings (SSSR count). The summed E-state index contributed by atoms with van der Waals surface area (Å²) in [5, 5.41) is 8.80. The fourth-order valence-corrected chi connectivity index (χ4v) is 2.46. The van der Waals surface area contributed by atoms with Crippen LogP contribution in [-0.2, 0) is 19.1 Å². The Morgan fingerprint density at radius 3 is 2.44 bits per heavy atom. The molecule has 2 aliphatic rings. The summed E-state index contributed by atoms with van der Waals surface area (Å²) in [5.41, 5.74) is 0. The lowest BCUT2D eigenvalue weighted by molar-refractivity contribution is -0.154. The second-order valence-corrected chi connectivity index (χ2v) is 5.07.